The van der Waals surface area contributed by atoms with E-state index in [1.807, 2.05) is 20.8 Å². The molecule has 0 heterocycles. The summed E-state index contributed by atoms with van der Waals surface area (Å²) < 4.78 is 0. The SMILES string of the molecule is CC(C)C1=CC2=CC[C@@H]3[C@](C)(CCC[C@@]3(C)C(=O)O)[C@H]2CC1.CC(C)C1=CC2=CC[C@@H]3[C@](C)(CCC[C@@]3(C)C(=O)O)[C@H]2CC1.CC(C)C1=CC2=CC[C@@H]3[C@](C)(CCC[C@@]3(C)C(=O)O)[C@H]2CC1. The van der Waals surface area contributed by atoms with Gasteiger partial charge in [0.05, 0.1) is 16.2 Å². The predicted octanol–water partition coefficient (Wildman–Crippen LogP) is 15.6. The van der Waals surface area contributed by atoms with E-state index in [0.717, 1.165) is 57.8 Å². The number of hydrogen-bond donors (Lipinski definition) is 3. The van der Waals surface area contributed by atoms with Crippen molar-refractivity contribution in [2.45, 2.75) is 199 Å². The number of hydrogen-bond acceptors (Lipinski definition) is 3. The Balaban J connectivity index is 0.000000147. The minimum Gasteiger partial charge on any atom is -0.481 e. The molecular weight excluding hydrogens is 817 g/mol. The van der Waals surface area contributed by atoms with Crippen LogP contribution in [0.2, 0.25) is 0 Å². The first-order valence-corrected chi connectivity index (χ1v) is 26.8. The van der Waals surface area contributed by atoms with E-state index in [-0.39, 0.29) is 34.0 Å². The van der Waals surface area contributed by atoms with E-state index in [2.05, 4.69) is 98.8 Å². The summed E-state index contributed by atoms with van der Waals surface area (Å²) in [6.07, 6.45) is 33.7. The predicted molar refractivity (Wildman–Crippen MR) is 269 cm³/mol. The molecule has 0 amide bonds. The van der Waals surface area contributed by atoms with Gasteiger partial charge in [-0.2, -0.15) is 0 Å². The van der Waals surface area contributed by atoms with Crippen molar-refractivity contribution in [3.63, 3.8) is 0 Å². The third kappa shape index (κ3) is 8.64. The highest BCUT2D eigenvalue weighted by Gasteiger charge is 2.60. The normalized spacial score (nSPS) is 41.3. The Morgan fingerprint density at radius 3 is 0.894 bits per heavy atom. The number of carbonyl (C=O) groups is 3. The summed E-state index contributed by atoms with van der Waals surface area (Å²) in [7, 11) is 0. The molecule has 6 nitrogen and oxygen atoms in total. The monoisotopic (exact) mass is 907 g/mol. The van der Waals surface area contributed by atoms with Crippen LogP contribution in [0.4, 0.5) is 0 Å². The zero-order valence-corrected chi connectivity index (χ0v) is 43.5. The molecule has 0 aliphatic heterocycles. The van der Waals surface area contributed by atoms with Crippen molar-refractivity contribution in [3.05, 3.63) is 69.9 Å². The highest BCUT2D eigenvalue weighted by atomic mass is 16.4. The fourth-order valence-corrected chi connectivity index (χ4v) is 16.8. The molecule has 6 heteroatoms. The molecule has 0 unspecified atom stereocenters. The summed E-state index contributed by atoms with van der Waals surface area (Å²) in [6.45, 7) is 26.8. The molecule has 0 saturated heterocycles. The lowest BCUT2D eigenvalue weighted by Gasteiger charge is -2.57. The molecule has 3 fully saturated rings. The number of aliphatic carboxylic acids is 3. The number of allylic oxidation sites excluding steroid dienone is 12. The summed E-state index contributed by atoms with van der Waals surface area (Å²) in [5, 5.41) is 29.5. The summed E-state index contributed by atoms with van der Waals surface area (Å²) in [5.74, 6) is 2.66. The van der Waals surface area contributed by atoms with Gasteiger partial charge < -0.3 is 15.3 Å². The third-order valence-electron chi connectivity index (χ3n) is 21.2. The van der Waals surface area contributed by atoms with Crippen molar-refractivity contribution < 1.29 is 29.7 Å². The summed E-state index contributed by atoms with van der Waals surface area (Å²) >= 11 is 0. The maximum atomic E-state index is 11.9. The molecule has 0 aromatic rings. The number of carboxylic acid groups (broad SMARTS) is 3. The summed E-state index contributed by atoms with van der Waals surface area (Å²) in [5.41, 5.74) is 8.07. The van der Waals surface area contributed by atoms with Crippen LogP contribution in [0.25, 0.3) is 0 Å². The first-order valence-electron chi connectivity index (χ1n) is 26.8. The van der Waals surface area contributed by atoms with Crippen molar-refractivity contribution in [2.24, 2.45) is 85.8 Å². The van der Waals surface area contributed by atoms with E-state index in [4.69, 9.17) is 0 Å². The second kappa shape index (κ2) is 18.6. The lowest BCUT2D eigenvalue weighted by molar-refractivity contribution is -0.163. The van der Waals surface area contributed by atoms with Gasteiger partial charge in [-0.05, 0) is 203 Å². The lowest BCUT2D eigenvalue weighted by Crippen LogP contribution is -2.53. The van der Waals surface area contributed by atoms with Crippen LogP contribution in [0, 0.1) is 85.8 Å². The Labute approximate surface area is 400 Å². The highest BCUT2D eigenvalue weighted by Crippen LogP contribution is 2.65. The van der Waals surface area contributed by atoms with Gasteiger partial charge in [0.15, 0.2) is 0 Å². The number of rotatable bonds is 6. The van der Waals surface area contributed by atoms with Crippen LogP contribution in [-0.2, 0) is 14.4 Å². The molecule has 3 N–H and O–H groups in total. The quantitative estimate of drug-likeness (QED) is 0.245. The maximum absolute atomic E-state index is 11.9. The Hall–Kier alpha value is -3.15. The molecule has 0 aromatic heterocycles. The van der Waals surface area contributed by atoms with Crippen molar-refractivity contribution in [1.82, 2.24) is 0 Å². The maximum Gasteiger partial charge on any atom is 0.309 e. The minimum absolute atomic E-state index is 0.161. The molecule has 9 aliphatic carbocycles. The standard InChI is InChI=1S/3C20H30O2/c3*1-13(2)14-6-8-16-15(12-14)7-9-17-19(16,3)10-5-11-20(17,4)18(21)22/h3*7,12-13,16-17H,5-6,8-11H2,1-4H3,(H,21,22)/t3*16-,17+,19+,20+/m000/s1. The lowest BCUT2D eigenvalue weighted by atomic mass is 9.47. The number of fused-ring (bicyclic) bond motifs is 9. The van der Waals surface area contributed by atoms with Crippen LogP contribution in [0.15, 0.2) is 69.9 Å². The largest absolute Gasteiger partial charge is 0.481 e. The van der Waals surface area contributed by atoms with E-state index >= 15 is 0 Å². The molecule has 9 aliphatic rings. The average molecular weight is 907 g/mol. The molecule has 12 atom stereocenters. The fourth-order valence-electron chi connectivity index (χ4n) is 16.8. The molecular formula is C60H90O6. The summed E-state index contributed by atoms with van der Waals surface area (Å²) in [6, 6.07) is 0. The van der Waals surface area contributed by atoms with Crippen LogP contribution in [-0.4, -0.2) is 33.2 Å². The Morgan fingerprint density at radius 1 is 0.439 bits per heavy atom. The smallest absolute Gasteiger partial charge is 0.309 e. The van der Waals surface area contributed by atoms with Gasteiger partial charge >= 0.3 is 17.9 Å². The van der Waals surface area contributed by atoms with Crippen LogP contribution in [0.1, 0.15) is 199 Å². The van der Waals surface area contributed by atoms with Gasteiger partial charge in [0.1, 0.15) is 0 Å². The Kier molecular flexibility index (Phi) is 14.3. The van der Waals surface area contributed by atoms with E-state index in [0.29, 0.717) is 35.5 Å². The number of carboxylic acids is 3. The van der Waals surface area contributed by atoms with Gasteiger partial charge in [0, 0.05) is 0 Å². The van der Waals surface area contributed by atoms with Gasteiger partial charge in [-0.15, -0.1) is 0 Å². The van der Waals surface area contributed by atoms with Gasteiger partial charge in [-0.25, -0.2) is 0 Å². The van der Waals surface area contributed by atoms with E-state index < -0.39 is 34.2 Å². The molecule has 66 heavy (non-hydrogen) atoms. The van der Waals surface area contributed by atoms with Crippen molar-refractivity contribution in [3.8, 4) is 0 Å². The molecule has 9 rings (SSSR count). The van der Waals surface area contributed by atoms with Crippen molar-refractivity contribution in [2.75, 3.05) is 0 Å². The van der Waals surface area contributed by atoms with E-state index in [9.17, 15) is 29.7 Å². The van der Waals surface area contributed by atoms with Gasteiger partial charge in [0.2, 0.25) is 0 Å². The van der Waals surface area contributed by atoms with Gasteiger partial charge in [-0.1, -0.05) is 135 Å². The first kappa shape index (κ1) is 50.7. The fraction of sp³-hybridized carbons (Fsp3) is 0.750. The van der Waals surface area contributed by atoms with Crippen LogP contribution in [0.3, 0.4) is 0 Å². The van der Waals surface area contributed by atoms with Gasteiger partial charge in [-0.3, -0.25) is 14.4 Å². The summed E-state index contributed by atoms with van der Waals surface area (Å²) in [4.78, 5) is 35.8. The Bertz CT molecular complexity index is 1860. The minimum atomic E-state index is -0.588. The van der Waals surface area contributed by atoms with Crippen molar-refractivity contribution >= 4 is 17.9 Å². The van der Waals surface area contributed by atoms with Crippen LogP contribution in [0.5, 0.6) is 0 Å². The molecule has 0 bridgehead atoms. The van der Waals surface area contributed by atoms with E-state index in [1.165, 1.54) is 74.5 Å². The molecule has 366 valence electrons. The molecule has 3 saturated carbocycles. The second-order valence-corrected chi connectivity index (χ2v) is 25.6. The van der Waals surface area contributed by atoms with Gasteiger partial charge in [0.25, 0.3) is 0 Å². The second-order valence-electron chi connectivity index (χ2n) is 25.6. The molecule has 0 aromatic carbocycles. The highest BCUT2D eigenvalue weighted by molar-refractivity contribution is 5.76. The van der Waals surface area contributed by atoms with Crippen LogP contribution < -0.4 is 0 Å². The molecule has 0 spiro atoms. The average Bonchev–Trinajstić information content (AvgIpc) is 3.26. The topological polar surface area (TPSA) is 112 Å². The first-order chi connectivity index (χ1) is 30.9. The Morgan fingerprint density at radius 2 is 0.682 bits per heavy atom. The molecule has 0 radical (unpaired) electrons. The third-order valence-corrected chi connectivity index (χ3v) is 21.2. The van der Waals surface area contributed by atoms with Crippen LogP contribution >= 0.6 is 0 Å². The zero-order valence-electron chi connectivity index (χ0n) is 43.5. The van der Waals surface area contributed by atoms with E-state index in [1.54, 1.807) is 16.7 Å². The zero-order chi connectivity index (χ0) is 48.4. The van der Waals surface area contributed by atoms with Crippen molar-refractivity contribution in [1.29, 1.82) is 0 Å².